The van der Waals surface area contributed by atoms with Crippen LogP contribution in [0.15, 0.2) is 41.6 Å². The molecule has 0 fully saturated rings. The molecule has 0 aliphatic rings. The minimum Gasteiger partial charge on any atom is -0.497 e. The molecule has 0 spiro atoms. The molecule has 0 atom stereocenters. The zero-order valence-electron chi connectivity index (χ0n) is 18.7. The Bertz CT molecular complexity index is 1280. The number of halogens is 3. The minimum absolute atomic E-state index is 0.0492. The summed E-state index contributed by atoms with van der Waals surface area (Å²) in [5, 5.41) is 3.30. The predicted octanol–water partition coefficient (Wildman–Crippen LogP) is 4.02. The summed E-state index contributed by atoms with van der Waals surface area (Å²) >= 11 is 0. The molecule has 0 bridgehead atoms. The molecule has 0 amide bonds. The van der Waals surface area contributed by atoms with Crippen molar-refractivity contribution in [1.29, 1.82) is 0 Å². The maximum atomic E-state index is 12.8. The van der Waals surface area contributed by atoms with Crippen molar-refractivity contribution in [2.24, 2.45) is 0 Å². The predicted molar refractivity (Wildman–Crippen MR) is 119 cm³/mol. The van der Waals surface area contributed by atoms with Gasteiger partial charge in [0.2, 0.25) is 10.0 Å². The normalized spacial score (nSPS) is 12.1. The molecule has 0 aliphatic heterocycles. The molecule has 1 aromatic heterocycles. The lowest BCUT2D eigenvalue weighted by Crippen LogP contribution is -2.20. The summed E-state index contributed by atoms with van der Waals surface area (Å²) in [5.74, 6) is 0.784. The lowest BCUT2D eigenvalue weighted by molar-refractivity contribution is -0.153. The van der Waals surface area contributed by atoms with Crippen LogP contribution in [0.4, 0.5) is 24.7 Å². The molecule has 9 nitrogen and oxygen atoms in total. The highest BCUT2D eigenvalue weighted by molar-refractivity contribution is 7.89. The van der Waals surface area contributed by atoms with E-state index in [1.54, 1.807) is 12.1 Å². The number of sulfonamides is 1. The van der Waals surface area contributed by atoms with Crippen molar-refractivity contribution in [3.8, 4) is 17.2 Å². The Morgan fingerprint density at radius 3 is 2.44 bits per heavy atom. The molecule has 0 radical (unpaired) electrons. The molecule has 0 aliphatic carbocycles. The zero-order chi connectivity index (χ0) is 25.1. The third-order valence-electron chi connectivity index (χ3n) is 4.45. The van der Waals surface area contributed by atoms with Gasteiger partial charge in [0.05, 0.1) is 34.7 Å². The SMILES string of the molecule is CNS(=O)(=O)c1ccc(OCC(F)(F)F)c(Nc2ncnc3cc(OC)cc(OC(C)C)c23)c1. The molecule has 0 unspecified atom stereocenters. The Hall–Kier alpha value is -3.32. The van der Waals surface area contributed by atoms with E-state index in [1.807, 2.05) is 13.8 Å². The van der Waals surface area contributed by atoms with Gasteiger partial charge in [0.25, 0.3) is 0 Å². The summed E-state index contributed by atoms with van der Waals surface area (Å²) in [6.45, 7) is 2.07. The number of nitrogens with one attached hydrogen (secondary N) is 2. The van der Waals surface area contributed by atoms with Crippen molar-refractivity contribution in [2.45, 2.75) is 31.0 Å². The van der Waals surface area contributed by atoms with Gasteiger partial charge in [0.15, 0.2) is 6.61 Å². The smallest absolute Gasteiger partial charge is 0.422 e. The van der Waals surface area contributed by atoms with Gasteiger partial charge in [0.1, 0.15) is 29.4 Å². The Kier molecular flexibility index (Phi) is 7.36. The fraction of sp³-hybridized carbons (Fsp3) is 0.333. The van der Waals surface area contributed by atoms with Crippen LogP contribution >= 0.6 is 0 Å². The van der Waals surface area contributed by atoms with Crippen molar-refractivity contribution in [3.05, 3.63) is 36.7 Å². The van der Waals surface area contributed by atoms with Gasteiger partial charge in [0, 0.05) is 12.1 Å². The summed E-state index contributed by atoms with van der Waals surface area (Å²) in [7, 11) is -1.19. The van der Waals surface area contributed by atoms with E-state index in [4.69, 9.17) is 14.2 Å². The van der Waals surface area contributed by atoms with E-state index in [-0.39, 0.29) is 28.3 Å². The highest BCUT2D eigenvalue weighted by Gasteiger charge is 2.29. The number of nitrogens with zero attached hydrogens (tertiary/aromatic N) is 2. The number of aromatic nitrogens is 2. The highest BCUT2D eigenvalue weighted by Crippen LogP contribution is 2.38. The van der Waals surface area contributed by atoms with Gasteiger partial charge in [-0.05, 0) is 39.1 Å². The monoisotopic (exact) mass is 500 g/mol. The number of rotatable bonds is 9. The Morgan fingerprint density at radius 1 is 1.09 bits per heavy atom. The van der Waals surface area contributed by atoms with Crippen LogP contribution in [-0.4, -0.2) is 51.4 Å². The van der Waals surface area contributed by atoms with Crippen molar-refractivity contribution in [2.75, 3.05) is 26.1 Å². The minimum atomic E-state index is -4.59. The quantitative estimate of drug-likeness (QED) is 0.453. The molecule has 3 rings (SSSR count). The van der Waals surface area contributed by atoms with E-state index in [9.17, 15) is 21.6 Å². The van der Waals surface area contributed by atoms with Crippen LogP contribution in [0.5, 0.6) is 17.2 Å². The molecular formula is C21H23F3N4O5S. The number of alkyl halides is 3. The first-order valence-corrected chi connectivity index (χ1v) is 11.5. The zero-order valence-corrected chi connectivity index (χ0v) is 19.5. The average Bonchev–Trinajstić information content (AvgIpc) is 2.77. The van der Waals surface area contributed by atoms with Gasteiger partial charge in [-0.25, -0.2) is 23.1 Å². The molecule has 0 saturated carbocycles. The van der Waals surface area contributed by atoms with Crippen LogP contribution < -0.4 is 24.2 Å². The maximum Gasteiger partial charge on any atom is 0.422 e. The van der Waals surface area contributed by atoms with E-state index in [1.165, 1.54) is 20.5 Å². The summed E-state index contributed by atoms with van der Waals surface area (Å²) in [6.07, 6.45) is -3.57. The maximum absolute atomic E-state index is 12.8. The van der Waals surface area contributed by atoms with Crippen LogP contribution in [0.25, 0.3) is 10.9 Å². The molecule has 3 aromatic rings. The van der Waals surface area contributed by atoms with Gasteiger partial charge in [-0.2, -0.15) is 13.2 Å². The third-order valence-corrected chi connectivity index (χ3v) is 5.86. The first-order valence-electron chi connectivity index (χ1n) is 9.97. The Labute approximate surface area is 194 Å². The molecule has 184 valence electrons. The van der Waals surface area contributed by atoms with Crippen molar-refractivity contribution in [1.82, 2.24) is 14.7 Å². The third kappa shape index (κ3) is 5.97. The lowest BCUT2D eigenvalue weighted by Gasteiger charge is -2.18. The van der Waals surface area contributed by atoms with Gasteiger partial charge in [-0.1, -0.05) is 0 Å². The van der Waals surface area contributed by atoms with Crippen LogP contribution in [0.1, 0.15) is 13.8 Å². The standard InChI is InChI=1S/C21H23F3N4O5S/c1-12(2)33-18-8-13(31-4)7-16-19(18)20(27-11-26-16)28-15-9-14(34(29,30)25-3)5-6-17(15)32-10-21(22,23)24/h5-9,11-12,25H,10H2,1-4H3,(H,26,27,28). The molecule has 13 heteroatoms. The number of ether oxygens (including phenoxy) is 3. The molecule has 2 aromatic carbocycles. The second kappa shape index (κ2) is 9.89. The number of anilines is 2. The topological polar surface area (TPSA) is 112 Å². The van der Waals surface area contributed by atoms with E-state index >= 15 is 0 Å². The fourth-order valence-corrected chi connectivity index (χ4v) is 3.75. The highest BCUT2D eigenvalue weighted by atomic mass is 32.2. The number of benzene rings is 2. The number of methoxy groups -OCH3 is 1. The van der Waals surface area contributed by atoms with Crippen molar-refractivity contribution >= 4 is 32.4 Å². The summed E-state index contributed by atoms with van der Waals surface area (Å²) in [4.78, 5) is 8.24. The number of fused-ring (bicyclic) bond motifs is 1. The molecule has 0 saturated heterocycles. The first kappa shape index (κ1) is 25.3. The Morgan fingerprint density at radius 2 is 1.82 bits per heavy atom. The van der Waals surface area contributed by atoms with Gasteiger partial charge in [-0.15, -0.1) is 0 Å². The number of hydrogen-bond donors (Lipinski definition) is 2. The van der Waals surface area contributed by atoms with E-state index < -0.39 is 22.8 Å². The van der Waals surface area contributed by atoms with E-state index in [2.05, 4.69) is 20.0 Å². The molecule has 34 heavy (non-hydrogen) atoms. The van der Waals surface area contributed by atoms with E-state index in [0.717, 1.165) is 18.2 Å². The van der Waals surface area contributed by atoms with Crippen LogP contribution in [0.3, 0.4) is 0 Å². The molecule has 1 heterocycles. The van der Waals surface area contributed by atoms with E-state index in [0.29, 0.717) is 22.4 Å². The largest absolute Gasteiger partial charge is 0.497 e. The van der Waals surface area contributed by atoms with Crippen LogP contribution in [-0.2, 0) is 10.0 Å². The Balaban J connectivity index is 2.16. The van der Waals surface area contributed by atoms with Gasteiger partial charge in [-0.3, -0.25) is 0 Å². The summed E-state index contributed by atoms with van der Waals surface area (Å²) in [5.41, 5.74) is 0.385. The summed E-state index contributed by atoms with van der Waals surface area (Å²) < 4.78 is 81.1. The first-order chi connectivity index (χ1) is 15.9. The van der Waals surface area contributed by atoms with Crippen LogP contribution in [0.2, 0.25) is 0 Å². The van der Waals surface area contributed by atoms with Crippen molar-refractivity contribution < 1.29 is 35.8 Å². The van der Waals surface area contributed by atoms with Gasteiger partial charge < -0.3 is 19.5 Å². The fourth-order valence-electron chi connectivity index (χ4n) is 2.99. The van der Waals surface area contributed by atoms with Crippen LogP contribution in [0, 0.1) is 0 Å². The molecule has 2 N–H and O–H groups in total. The average molecular weight is 500 g/mol. The lowest BCUT2D eigenvalue weighted by atomic mass is 10.2. The van der Waals surface area contributed by atoms with Crippen molar-refractivity contribution in [3.63, 3.8) is 0 Å². The second-order valence-electron chi connectivity index (χ2n) is 7.30. The molecular weight excluding hydrogens is 477 g/mol. The summed E-state index contributed by atoms with van der Waals surface area (Å²) in [6, 6.07) is 6.69. The second-order valence-corrected chi connectivity index (χ2v) is 9.19. The number of hydrogen-bond acceptors (Lipinski definition) is 8. The van der Waals surface area contributed by atoms with Gasteiger partial charge >= 0.3 is 6.18 Å².